The molecule has 0 aliphatic rings. The smallest absolute Gasteiger partial charge is 0.274 e. The highest BCUT2D eigenvalue weighted by atomic mass is 35.5. The molecule has 0 radical (unpaired) electrons. The topological polar surface area (TPSA) is 75.7 Å². The summed E-state index contributed by atoms with van der Waals surface area (Å²) in [5.74, 6) is 0.250. The number of nitrogens with zero attached hydrogens (tertiary/aromatic N) is 1. The first kappa shape index (κ1) is 23.4. The molecule has 0 saturated heterocycles. The highest BCUT2D eigenvalue weighted by molar-refractivity contribution is 7.94. The number of benzene rings is 2. The van der Waals surface area contributed by atoms with Gasteiger partial charge in [0.25, 0.3) is 10.0 Å². The Labute approximate surface area is 195 Å². The number of anilines is 1. The lowest BCUT2D eigenvalue weighted by atomic mass is 10.2. The van der Waals surface area contributed by atoms with E-state index in [1.807, 2.05) is 12.1 Å². The van der Waals surface area contributed by atoms with Crippen LogP contribution in [0.2, 0.25) is 9.36 Å². The number of hydrogen-bond acceptors (Lipinski definition) is 5. The molecule has 1 aromatic heterocycles. The van der Waals surface area contributed by atoms with E-state index in [4.69, 9.17) is 27.9 Å². The van der Waals surface area contributed by atoms with Crippen molar-refractivity contribution in [1.29, 1.82) is 0 Å². The average Bonchev–Trinajstić information content (AvgIpc) is 3.20. The molecule has 6 nitrogen and oxygen atoms in total. The second-order valence-electron chi connectivity index (χ2n) is 6.58. The number of halogens is 2. The number of hydrogen-bond donors (Lipinski definition) is 1. The third-order valence-corrected chi connectivity index (χ3v) is 8.40. The van der Waals surface area contributed by atoms with Gasteiger partial charge in [-0.3, -0.25) is 9.10 Å². The van der Waals surface area contributed by atoms with Gasteiger partial charge in [0.1, 0.15) is 16.5 Å². The van der Waals surface area contributed by atoms with E-state index < -0.39 is 22.5 Å². The van der Waals surface area contributed by atoms with E-state index in [1.54, 1.807) is 44.4 Å². The van der Waals surface area contributed by atoms with Crippen LogP contribution in [-0.4, -0.2) is 28.0 Å². The number of methoxy groups -OCH3 is 1. The summed E-state index contributed by atoms with van der Waals surface area (Å²) in [6.07, 6.45) is 0. The number of amides is 1. The van der Waals surface area contributed by atoms with Crippen molar-refractivity contribution < 1.29 is 17.9 Å². The van der Waals surface area contributed by atoms with Crippen LogP contribution < -0.4 is 14.4 Å². The van der Waals surface area contributed by atoms with Crippen LogP contribution >= 0.6 is 34.5 Å². The Morgan fingerprint density at radius 3 is 2.42 bits per heavy atom. The van der Waals surface area contributed by atoms with Crippen molar-refractivity contribution in [3.8, 4) is 5.75 Å². The quantitative estimate of drug-likeness (QED) is 0.479. The van der Waals surface area contributed by atoms with Crippen LogP contribution in [0.4, 0.5) is 5.69 Å². The van der Waals surface area contributed by atoms with Gasteiger partial charge in [-0.15, -0.1) is 11.3 Å². The lowest BCUT2D eigenvalue weighted by molar-refractivity contribution is -0.119. The third-order valence-electron chi connectivity index (χ3n) is 4.54. The van der Waals surface area contributed by atoms with Crippen molar-refractivity contribution in [2.45, 2.75) is 17.7 Å². The molecule has 3 rings (SSSR count). The minimum Gasteiger partial charge on any atom is -0.497 e. The molecule has 0 aliphatic heterocycles. The number of thiophene rings is 1. The van der Waals surface area contributed by atoms with Crippen LogP contribution in [0.25, 0.3) is 0 Å². The Morgan fingerprint density at radius 2 is 1.81 bits per heavy atom. The van der Waals surface area contributed by atoms with Crippen LogP contribution in [0.15, 0.2) is 58.8 Å². The summed E-state index contributed by atoms with van der Waals surface area (Å²) in [6, 6.07) is 15.1. The van der Waals surface area contributed by atoms with Crippen molar-refractivity contribution in [2.24, 2.45) is 0 Å². The normalized spacial score (nSPS) is 11.2. The largest absolute Gasteiger partial charge is 0.497 e. The van der Waals surface area contributed by atoms with Crippen molar-refractivity contribution in [2.75, 3.05) is 18.0 Å². The Morgan fingerprint density at radius 1 is 1.10 bits per heavy atom. The number of sulfonamides is 1. The lowest BCUT2D eigenvalue weighted by Gasteiger charge is -2.25. The van der Waals surface area contributed by atoms with Gasteiger partial charge >= 0.3 is 0 Å². The fraction of sp³-hybridized carbons (Fsp3) is 0.190. The van der Waals surface area contributed by atoms with Gasteiger partial charge in [-0.05, 0) is 54.4 Å². The second kappa shape index (κ2) is 9.91. The van der Waals surface area contributed by atoms with E-state index in [2.05, 4.69) is 5.32 Å². The molecule has 2 aromatic carbocycles. The molecule has 3 aromatic rings. The lowest BCUT2D eigenvalue weighted by Crippen LogP contribution is -2.40. The monoisotopic (exact) mass is 498 g/mol. The molecule has 0 saturated carbocycles. The van der Waals surface area contributed by atoms with Gasteiger partial charge in [0.15, 0.2) is 0 Å². The number of rotatable bonds is 8. The molecular formula is C21H20Cl2N2O4S2. The molecule has 0 spiro atoms. The predicted octanol–water partition coefficient (Wildman–Crippen LogP) is 4.88. The minimum absolute atomic E-state index is 0.0415. The molecule has 0 unspecified atom stereocenters. The zero-order valence-corrected chi connectivity index (χ0v) is 19.9. The van der Waals surface area contributed by atoms with E-state index >= 15 is 0 Å². The van der Waals surface area contributed by atoms with Gasteiger partial charge in [-0.2, -0.15) is 0 Å². The summed E-state index contributed by atoms with van der Waals surface area (Å²) in [5.41, 5.74) is 1.74. The molecule has 0 fully saturated rings. The van der Waals surface area contributed by atoms with Gasteiger partial charge in [0, 0.05) is 11.6 Å². The van der Waals surface area contributed by atoms with E-state index in [-0.39, 0.29) is 10.8 Å². The Bertz CT molecular complexity index is 1180. The van der Waals surface area contributed by atoms with Gasteiger partial charge in [-0.1, -0.05) is 41.4 Å². The SMILES string of the molecule is COc1ccc(CNC(=O)CN(c2cccc(Cl)c2C)S(=O)(=O)c2ccc(Cl)s2)cc1. The highest BCUT2D eigenvalue weighted by Crippen LogP contribution is 2.34. The first-order valence-electron chi connectivity index (χ1n) is 9.15. The molecule has 1 amide bonds. The van der Waals surface area contributed by atoms with E-state index in [0.717, 1.165) is 21.2 Å². The van der Waals surface area contributed by atoms with Gasteiger partial charge in [0.2, 0.25) is 5.91 Å². The first-order chi connectivity index (χ1) is 14.7. The maximum absolute atomic E-state index is 13.3. The first-order valence-corrected chi connectivity index (χ1v) is 12.2. The van der Waals surface area contributed by atoms with Crippen LogP contribution in [0, 0.1) is 6.92 Å². The highest BCUT2D eigenvalue weighted by Gasteiger charge is 2.30. The summed E-state index contributed by atoms with van der Waals surface area (Å²) in [4.78, 5) is 12.7. The Kier molecular flexibility index (Phi) is 7.48. The molecular weight excluding hydrogens is 479 g/mol. The fourth-order valence-electron chi connectivity index (χ4n) is 2.84. The molecule has 0 aliphatic carbocycles. The maximum Gasteiger partial charge on any atom is 0.274 e. The predicted molar refractivity (Wildman–Crippen MR) is 125 cm³/mol. The third kappa shape index (κ3) is 5.51. The van der Waals surface area contributed by atoms with Gasteiger partial charge in [0.05, 0.1) is 17.1 Å². The number of carbonyl (C=O) groups is 1. The number of carbonyl (C=O) groups excluding carboxylic acids is 1. The van der Waals surface area contributed by atoms with E-state index in [1.165, 1.54) is 12.1 Å². The summed E-state index contributed by atoms with van der Waals surface area (Å²) < 4.78 is 33.2. The van der Waals surface area contributed by atoms with Crippen LogP contribution in [0.3, 0.4) is 0 Å². The zero-order valence-electron chi connectivity index (χ0n) is 16.8. The molecule has 1 N–H and O–H groups in total. The van der Waals surface area contributed by atoms with Crippen molar-refractivity contribution >= 4 is 56.2 Å². The fourth-order valence-corrected chi connectivity index (χ4v) is 6.09. The van der Waals surface area contributed by atoms with Gasteiger partial charge in [-0.25, -0.2) is 8.42 Å². The van der Waals surface area contributed by atoms with Crippen LogP contribution in [0.5, 0.6) is 5.75 Å². The van der Waals surface area contributed by atoms with Gasteiger partial charge < -0.3 is 10.1 Å². The van der Waals surface area contributed by atoms with Crippen molar-refractivity contribution in [3.63, 3.8) is 0 Å². The number of ether oxygens (including phenoxy) is 1. The molecule has 0 bridgehead atoms. The molecule has 0 atom stereocenters. The molecule has 31 heavy (non-hydrogen) atoms. The summed E-state index contributed by atoms with van der Waals surface area (Å²) in [6.45, 7) is 1.54. The molecule has 1 heterocycles. The zero-order chi connectivity index (χ0) is 22.6. The van der Waals surface area contributed by atoms with Crippen LogP contribution in [-0.2, 0) is 21.4 Å². The Balaban J connectivity index is 1.85. The summed E-state index contributed by atoms with van der Waals surface area (Å²) in [7, 11) is -2.45. The minimum atomic E-state index is -4.03. The van der Waals surface area contributed by atoms with E-state index in [9.17, 15) is 13.2 Å². The molecule has 10 heteroatoms. The summed E-state index contributed by atoms with van der Waals surface area (Å²) >= 11 is 13.1. The Hall–Kier alpha value is -2.26. The maximum atomic E-state index is 13.3. The van der Waals surface area contributed by atoms with Crippen LogP contribution in [0.1, 0.15) is 11.1 Å². The average molecular weight is 499 g/mol. The van der Waals surface area contributed by atoms with Crippen molar-refractivity contribution in [3.05, 3.63) is 75.1 Å². The second-order valence-corrected chi connectivity index (χ2v) is 10.8. The standard InChI is InChI=1S/C21H20Cl2N2O4S2/c1-14-17(22)4-3-5-18(14)25(31(27,28)21-11-10-19(23)30-21)13-20(26)24-12-15-6-8-16(29-2)9-7-15/h3-11H,12-13H2,1-2H3,(H,24,26). The molecule has 164 valence electrons. The number of nitrogens with one attached hydrogen (secondary N) is 1. The summed E-state index contributed by atoms with van der Waals surface area (Å²) in [5, 5.41) is 3.16. The van der Waals surface area contributed by atoms with Crippen molar-refractivity contribution in [1.82, 2.24) is 5.32 Å². The van der Waals surface area contributed by atoms with E-state index in [0.29, 0.717) is 26.4 Å².